The molecule has 2 N–H and O–H groups in total. The first-order chi connectivity index (χ1) is 14.3. The molecule has 5 rings (SSSR count). The lowest BCUT2D eigenvalue weighted by molar-refractivity contribution is 0.239. The highest BCUT2D eigenvalue weighted by Gasteiger charge is 2.26. The summed E-state index contributed by atoms with van der Waals surface area (Å²) in [5, 5.41) is 6.33. The normalized spacial score (nSPS) is 22.0. The molecule has 0 aromatic carbocycles. The quantitative estimate of drug-likeness (QED) is 0.814. The average molecular weight is 391 g/mol. The van der Waals surface area contributed by atoms with E-state index in [2.05, 4.69) is 48.5 Å². The van der Waals surface area contributed by atoms with E-state index in [4.69, 9.17) is 0 Å². The van der Waals surface area contributed by atoms with Crippen molar-refractivity contribution in [2.24, 2.45) is 4.99 Å². The lowest BCUT2D eigenvalue weighted by Gasteiger charge is -2.25. The standard InChI is InChI=1S/C21H25N7O/c29-19-12-17(13-27-10-4-7-18(27)11-16-8-9-22-14-23-16)24-21-25-20(26-28(19)21)15-5-2-1-3-6-15/h2,5-6,8,12,14,18H,1,3-4,7,9-11,13H2,(H,22,23)(H,24,25,26). The molecule has 2 aromatic heterocycles. The van der Waals surface area contributed by atoms with Gasteiger partial charge in [-0.05, 0) is 38.3 Å². The maximum absolute atomic E-state index is 12.6. The predicted octanol–water partition coefficient (Wildman–Crippen LogP) is 2.02. The van der Waals surface area contributed by atoms with E-state index < -0.39 is 0 Å². The molecule has 2 aliphatic heterocycles. The highest BCUT2D eigenvalue weighted by molar-refractivity contribution is 5.71. The second-order valence-electron chi connectivity index (χ2n) is 7.77. The number of rotatable bonds is 5. The van der Waals surface area contributed by atoms with Gasteiger partial charge in [0.25, 0.3) is 11.3 Å². The van der Waals surface area contributed by atoms with E-state index in [1.165, 1.54) is 16.6 Å². The zero-order valence-corrected chi connectivity index (χ0v) is 16.3. The summed E-state index contributed by atoms with van der Waals surface area (Å²) in [6.07, 6.45) is 15.6. The first-order valence-electron chi connectivity index (χ1n) is 10.3. The Kier molecular flexibility index (Phi) is 4.85. The van der Waals surface area contributed by atoms with Crippen LogP contribution in [-0.2, 0) is 6.54 Å². The number of fused-ring (bicyclic) bond motifs is 1. The zero-order chi connectivity index (χ0) is 19.6. The van der Waals surface area contributed by atoms with Crippen LogP contribution in [0.3, 0.4) is 0 Å². The van der Waals surface area contributed by atoms with Crippen LogP contribution >= 0.6 is 0 Å². The van der Waals surface area contributed by atoms with Crippen molar-refractivity contribution in [1.82, 2.24) is 29.8 Å². The van der Waals surface area contributed by atoms with Crippen LogP contribution < -0.4 is 10.9 Å². The maximum Gasteiger partial charge on any atom is 0.274 e. The largest absolute Gasteiger partial charge is 0.350 e. The average Bonchev–Trinajstić information content (AvgIpc) is 3.37. The molecule has 0 saturated carbocycles. The molecule has 4 heterocycles. The van der Waals surface area contributed by atoms with Crippen LogP contribution in [0.15, 0.2) is 45.9 Å². The number of aliphatic imine (C=N–C) groups is 1. The fourth-order valence-corrected chi connectivity index (χ4v) is 4.27. The summed E-state index contributed by atoms with van der Waals surface area (Å²) in [7, 11) is 0. The summed E-state index contributed by atoms with van der Waals surface area (Å²) in [5.74, 6) is 1.13. The maximum atomic E-state index is 12.6. The molecule has 1 aliphatic carbocycles. The fourth-order valence-electron chi connectivity index (χ4n) is 4.27. The van der Waals surface area contributed by atoms with Crippen molar-refractivity contribution >= 4 is 17.7 Å². The summed E-state index contributed by atoms with van der Waals surface area (Å²) in [4.78, 5) is 28.5. The zero-order valence-electron chi connectivity index (χ0n) is 16.3. The number of hydrogen-bond acceptors (Lipinski definition) is 6. The lowest BCUT2D eigenvalue weighted by atomic mass is 10.1. The van der Waals surface area contributed by atoms with Crippen LogP contribution in [0.5, 0.6) is 0 Å². The van der Waals surface area contributed by atoms with E-state index in [0.717, 1.165) is 50.0 Å². The minimum atomic E-state index is -0.118. The smallest absolute Gasteiger partial charge is 0.274 e. The molecule has 3 aliphatic rings. The van der Waals surface area contributed by atoms with Gasteiger partial charge in [0, 0.05) is 36.3 Å². The molecule has 29 heavy (non-hydrogen) atoms. The Morgan fingerprint density at radius 1 is 1.21 bits per heavy atom. The van der Waals surface area contributed by atoms with Gasteiger partial charge < -0.3 is 5.32 Å². The summed E-state index contributed by atoms with van der Waals surface area (Å²) in [6, 6.07) is 2.08. The second kappa shape index (κ2) is 7.79. The topological polar surface area (TPSA) is 90.7 Å². The van der Waals surface area contributed by atoms with Crippen molar-refractivity contribution in [1.29, 1.82) is 0 Å². The Balaban J connectivity index is 1.36. The Bertz CT molecular complexity index is 1090. The van der Waals surface area contributed by atoms with Gasteiger partial charge in [0.05, 0.1) is 18.6 Å². The van der Waals surface area contributed by atoms with Crippen LogP contribution in [0, 0.1) is 0 Å². The lowest BCUT2D eigenvalue weighted by Crippen LogP contribution is -2.32. The Labute approximate surface area is 168 Å². The molecule has 150 valence electrons. The molecular formula is C21H25N7O. The Morgan fingerprint density at radius 2 is 2.17 bits per heavy atom. The molecule has 0 bridgehead atoms. The molecule has 0 amide bonds. The van der Waals surface area contributed by atoms with Crippen LogP contribution in [0.4, 0.5) is 0 Å². The molecule has 8 nitrogen and oxygen atoms in total. The second-order valence-corrected chi connectivity index (χ2v) is 7.77. The third-order valence-corrected chi connectivity index (χ3v) is 5.76. The molecule has 1 atom stereocenters. The minimum Gasteiger partial charge on any atom is -0.350 e. The summed E-state index contributed by atoms with van der Waals surface area (Å²) >= 11 is 0. The van der Waals surface area contributed by atoms with Crippen LogP contribution in [0.1, 0.15) is 43.6 Å². The third kappa shape index (κ3) is 3.80. The molecule has 8 heteroatoms. The molecule has 0 spiro atoms. The van der Waals surface area contributed by atoms with Crippen molar-refractivity contribution in [2.75, 3.05) is 13.1 Å². The molecule has 2 aromatic rings. The molecule has 1 fully saturated rings. The number of allylic oxidation sites excluding steroid dienone is 4. The molecular weight excluding hydrogens is 366 g/mol. The van der Waals surface area contributed by atoms with E-state index >= 15 is 0 Å². The van der Waals surface area contributed by atoms with Gasteiger partial charge in [-0.1, -0.05) is 18.2 Å². The number of aromatic nitrogens is 4. The summed E-state index contributed by atoms with van der Waals surface area (Å²) in [5.41, 5.74) is 2.90. The predicted molar refractivity (Wildman–Crippen MR) is 113 cm³/mol. The minimum absolute atomic E-state index is 0.118. The number of nitrogens with one attached hydrogen (secondary N) is 2. The number of likely N-dealkylation sites (tertiary alicyclic amines) is 1. The van der Waals surface area contributed by atoms with E-state index in [-0.39, 0.29) is 5.56 Å². The number of nitrogens with zero attached hydrogens (tertiary/aromatic N) is 5. The van der Waals surface area contributed by atoms with Crippen molar-refractivity contribution in [3.63, 3.8) is 0 Å². The van der Waals surface area contributed by atoms with Crippen LogP contribution in [-0.4, -0.2) is 50.0 Å². The van der Waals surface area contributed by atoms with Gasteiger partial charge in [-0.3, -0.25) is 19.8 Å². The van der Waals surface area contributed by atoms with Gasteiger partial charge in [0.15, 0.2) is 5.82 Å². The van der Waals surface area contributed by atoms with Gasteiger partial charge in [0.2, 0.25) is 0 Å². The van der Waals surface area contributed by atoms with Crippen molar-refractivity contribution in [3.05, 3.63) is 57.9 Å². The number of H-pyrrole nitrogens is 1. The van der Waals surface area contributed by atoms with Gasteiger partial charge in [-0.25, -0.2) is 4.98 Å². The van der Waals surface area contributed by atoms with Crippen LogP contribution in [0.2, 0.25) is 0 Å². The van der Waals surface area contributed by atoms with Gasteiger partial charge in [-0.2, -0.15) is 9.50 Å². The van der Waals surface area contributed by atoms with Gasteiger partial charge in [0.1, 0.15) is 0 Å². The fraction of sp³-hybridized carbons (Fsp3) is 0.429. The highest BCUT2D eigenvalue weighted by Crippen LogP contribution is 2.24. The van der Waals surface area contributed by atoms with E-state index in [0.29, 0.717) is 24.2 Å². The number of hydrogen-bond donors (Lipinski definition) is 2. The van der Waals surface area contributed by atoms with E-state index in [1.54, 1.807) is 12.4 Å². The summed E-state index contributed by atoms with van der Waals surface area (Å²) in [6.45, 7) is 2.44. The molecule has 0 radical (unpaired) electrons. The summed E-state index contributed by atoms with van der Waals surface area (Å²) < 4.78 is 1.43. The Hall–Kier alpha value is -3.00. The Morgan fingerprint density at radius 3 is 3.00 bits per heavy atom. The number of aromatic amines is 1. The van der Waals surface area contributed by atoms with Crippen molar-refractivity contribution in [2.45, 2.75) is 44.7 Å². The van der Waals surface area contributed by atoms with E-state index in [9.17, 15) is 4.79 Å². The molecule has 1 saturated heterocycles. The van der Waals surface area contributed by atoms with Gasteiger partial charge in [-0.15, -0.1) is 0 Å². The SMILES string of the molecule is O=c1cc(CN2CCCC2CC2=CCN=CN2)nc2nc(C3=CCCC=C3)[nH]n12. The monoisotopic (exact) mass is 391 g/mol. The first kappa shape index (κ1) is 18.1. The van der Waals surface area contributed by atoms with Crippen LogP contribution in [0.25, 0.3) is 11.4 Å². The van der Waals surface area contributed by atoms with E-state index in [1.807, 2.05) is 6.08 Å². The van der Waals surface area contributed by atoms with Gasteiger partial charge >= 0.3 is 0 Å². The van der Waals surface area contributed by atoms with Crippen molar-refractivity contribution < 1.29 is 0 Å². The highest BCUT2D eigenvalue weighted by atomic mass is 16.1. The third-order valence-electron chi connectivity index (χ3n) is 5.76. The van der Waals surface area contributed by atoms with Crippen molar-refractivity contribution in [3.8, 4) is 0 Å². The molecule has 1 unspecified atom stereocenters. The first-order valence-corrected chi connectivity index (χ1v) is 10.3.